The zero-order valence-corrected chi connectivity index (χ0v) is 9.36. The van der Waals surface area contributed by atoms with Crippen LogP contribution in [0.1, 0.15) is 23.8 Å². The van der Waals surface area contributed by atoms with E-state index >= 15 is 0 Å². The summed E-state index contributed by atoms with van der Waals surface area (Å²) in [6, 6.07) is 4.70. The topological polar surface area (TPSA) is 35.8 Å². The van der Waals surface area contributed by atoms with Crippen molar-refractivity contribution in [3.8, 4) is 6.07 Å². The largest absolute Gasteiger partial charge is 0.295 e. The fraction of sp³-hybridized carbons (Fsp3) is 0.444. The Morgan fingerprint density at radius 1 is 1.69 bits per heavy atom. The van der Waals surface area contributed by atoms with Crippen LogP contribution in [0.15, 0.2) is 15.9 Å². The minimum absolute atomic E-state index is 0.137. The predicted molar refractivity (Wildman–Crippen MR) is 56.5 cm³/mol. The van der Waals surface area contributed by atoms with Crippen LogP contribution in [-0.4, -0.2) is 6.04 Å². The summed E-state index contributed by atoms with van der Waals surface area (Å²) in [6.45, 7) is 0. The summed E-state index contributed by atoms with van der Waals surface area (Å²) in [6.07, 6.45) is 2.42. The summed E-state index contributed by atoms with van der Waals surface area (Å²) in [4.78, 5) is 1.09. The molecule has 1 fully saturated rings. The lowest BCUT2D eigenvalue weighted by molar-refractivity contribution is 0.632. The van der Waals surface area contributed by atoms with E-state index in [-0.39, 0.29) is 6.04 Å². The SMILES string of the molecule is N#CC(NC1CC1)c1sccc1Br. The number of nitrogens with zero attached hydrogens (tertiary/aromatic N) is 1. The standard InChI is InChI=1S/C9H9BrN2S/c10-7-3-4-13-9(7)8(5-11)12-6-1-2-6/h3-4,6,8,12H,1-2H2. The highest BCUT2D eigenvalue weighted by Gasteiger charge is 2.26. The summed E-state index contributed by atoms with van der Waals surface area (Å²) in [7, 11) is 0. The Labute approximate surface area is 89.7 Å². The first-order chi connectivity index (χ1) is 6.31. The lowest BCUT2D eigenvalue weighted by Crippen LogP contribution is -2.21. The lowest BCUT2D eigenvalue weighted by Gasteiger charge is -2.08. The van der Waals surface area contributed by atoms with Crippen LogP contribution >= 0.6 is 27.3 Å². The molecular weight excluding hydrogens is 248 g/mol. The first-order valence-corrected chi connectivity index (χ1v) is 5.87. The molecule has 0 saturated heterocycles. The van der Waals surface area contributed by atoms with Crippen molar-refractivity contribution in [3.05, 3.63) is 20.8 Å². The summed E-state index contributed by atoms with van der Waals surface area (Å²) in [5, 5.41) is 14.3. The van der Waals surface area contributed by atoms with E-state index < -0.39 is 0 Å². The van der Waals surface area contributed by atoms with Gasteiger partial charge in [-0.1, -0.05) is 0 Å². The average Bonchev–Trinajstić information content (AvgIpc) is 2.85. The van der Waals surface area contributed by atoms with Gasteiger partial charge in [0.2, 0.25) is 0 Å². The van der Waals surface area contributed by atoms with Crippen LogP contribution in [0.4, 0.5) is 0 Å². The number of nitriles is 1. The minimum atomic E-state index is -0.137. The molecule has 0 bridgehead atoms. The lowest BCUT2D eigenvalue weighted by atomic mass is 10.2. The number of thiophene rings is 1. The van der Waals surface area contributed by atoms with Gasteiger partial charge in [-0.15, -0.1) is 11.3 Å². The van der Waals surface area contributed by atoms with Crippen LogP contribution in [-0.2, 0) is 0 Å². The van der Waals surface area contributed by atoms with E-state index in [1.54, 1.807) is 11.3 Å². The molecule has 1 aromatic rings. The number of nitrogens with one attached hydrogen (secondary N) is 1. The highest BCUT2D eigenvalue weighted by Crippen LogP contribution is 2.31. The van der Waals surface area contributed by atoms with Crippen molar-refractivity contribution in [2.45, 2.75) is 24.9 Å². The second kappa shape index (κ2) is 3.79. The average molecular weight is 257 g/mol. The molecule has 1 aromatic heterocycles. The predicted octanol–water partition coefficient (Wildman–Crippen LogP) is 2.83. The van der Waals surface area contributed by atoms with Crippen LogP contribution in [0.2, 0.25) is 0 Å². The Balaban J connectivity index is 2.12. The smallest absolute Gasteiger partial charge is 0.131 e. The highest BCUT2D eigenvalue weighted by atomic mass is 79.9. The molecule has 1 atom stereocenters. The minimum Gasteiger partial charge on any atom is -0.295 e. The first kappa shape index (κ1) is 9.20. The third-order valence-electron chi connectivity index (χ3n) is 2.02. The Morgan fingerprint density at radius 3 is 2.92 bits per heavy atom. The van der Waals surface area contributed by atoms with Gasteiger partial charge in [0.15, 0.2) is 0 Å². The van der Waals surface area contributed by atoms with E-state index in [2.05, 4.69) is 27.3 Å². The zero-order valence-electron chi connectivity index (χ0n) is 6.96. The third-order valence-corrected chi connectivity index (χ3v) is 3.95. The van der Waals surface area contributed by atoms with Gasteiger partial charge in [-0.25, -0.2) is 0 Å². The molecule has 0 radical (unpaired) electrons. The normalized spacial score (nSPS) is 18.2. The maximum atomic E-state index is 8.97. The van der Waals surface area contributed by atoms with Gasteiger partial charge in [0.05, 0.1) is 10.9 Å². The fourth-order valence-corrected chi connectivity index (χ4v) is 2.77. The van der Waals surface area contributed by atoms with Gasteiger partial charge >= 0.3 is 0 Å². The first-order valence-electron chi connectivity index (χ1n) is 4.20. The van der Waals surface area contributed by atoms with Gasteiger partial charge in [0, 0.05) is 10.5 Å². The van der Waals surface area contributed by atoms with Crippen molar-refractivity contribution in [1.82, 2.24) is 5.32 Å². The number of hydrogen-bond acceptors (Lipinski definition) is 3. The molecule has 1 saturated carbocycles. The van der Waals surface area contributed by atoms with Crippen LogP contribution in [0.3, 0.4) is 0 Å². The van der Waals surface area contributed by atoms with E-state index in [1.807, 2.05) is 11.4 Å². The van der Waals surface area contributed by atoms with Crippen molar-refractivity contribution in [2.24, 2.45) is 0 Å². The molecule has 1 aliphatic carbocycles. The molecule has 1 aliphatic rings. The number of hydrogen-bond donors (Lipinski definition) is 1. The summed E-state index contributed by atoms with van der Waals surface area (Å²) in [5.41, 5.74) is 0. The van der Waals surface area contributed by atoms with Crippen LogP contribution < -0.4 is 5.32 Å². The summed E-state index contributed by atoms with van der Waals surface area (Å²) >= 11 is 5.06. The van der Waals surface area contributed by atoms with Crippen LogP contribution in [0.5, 0.6) is 0 Å². The second-order valence-electron chi connectivity index (χ2n) is 3.14. The Kier molecular flexibility index (Phi) is 2.68. The van der Waals surface area contributed by atoms with Crippen LogP contribution in [0.25, 0.3) is 0 Å². The Morgan fingerprint density at radius 2 is 2.46 bits per heavy atom. The molecule has 2 rings (SSSR count). The van der Waals surface area contributed by atoms with Crippen LogP contribution in [0, 0.1) is 11.3 Å². The molecule has 1 N–H and O–H groups in total. The molecule has 4 heteroatoms. The number of halogens is 1. The third kappa shape index (κ3) is 2.11. The van der Waals surface area contributed by atoms with Gasteiger partial charge in [0.1, 0.15) is 6.04 Å². The van der Waals surface area contributed by atoms with E-state index in [0.717, 1.165) is 9.35 Å². The van der Waals surface area contributed by atoms with Gasteiger partial charge in [0.25, 0.3) is 0 Å². The second-order valence-corrected chi connectivity index (χ2v) is 4.94. The maximum Gasteiger partial charge on any atom is 0.131 e. The van der Waals surface area contributed by atoms with Crippen molar-refractivity contribution in [1.29, 1.82) is 5.26 Å². The molecule has 1 heterocycles. The highest BCUT2D eigenvalue weighted by molar-refractivity contribution is 9.10. The quantitative estimate of drug-likeness (QED) is 0.903. The van der Waals surface area contributed by atoms with Crippen molar-refractivity contribution in [2.75, 3.05) is 0 Å². The maximum absolute atomic E-state index is 8.97. The Bertz CT molecular complexity index is 338. The molecule has 2 nitrogen and oxygen atoms in total. The molecular formula is C9H9BrN2S. The molecule has 13 heavy (non-hydrogen) atoms. The molecule has 0 aliphatic heterocycles. The van der Waals surface area contributed by atoms with Crippen molar-refractivity contribution < 1.29 is 0 Å². The fourth-order valence-electron chi connectivity index (χ4n) is 1.17. The molecule has 0 aromatic carbocycles. The Hall–Kier alpha value is -0.370. The molecule has 68 valence electrons. The molecule has 0 amide bonds. The number of rotatable bonds is 3. The van der Waals surface area contributed by atoms with Crippen molar-refractivity contribution >= 4 is 27.3 Å². The molecule has 0 spiro atoms. The molecule has 1 unspecified atom stereocenters. The van der Waals surface area contributed by atoms with Gasteiger partial charge in [-0.2, -0.15) is 5.26 Å². The monoisotopic (exact) mass is 256 g/mol. The van der Waals surface area contributed by atoms with Gasteiger partial charge < -0.3 is 0 Å². The van der Waals surface area contributed by atoms with E-state index in [0.29, 0.717) is 6.04 Å². The van der Waals surface area contributed by atoms with Crippen molar-refractivity contribution in [3.63, 3.8) is 0 Å². The van der Waals surface area contributed by atoms with E-state index in [1.165, 1.54) is 12.8 Å². The summed E-state index contributed by atoms with van der Waals surface area (Å²) < 4.78 is 1.04. The zero-order chi connectivity index (χ0) is 9.26. The van der Waals surface area contributed by atoms with E-state index in [9.17, 15) is 0 Å². The summed E-state index contributed by atoms with van der Waals surface area (Å²) in [5.74, 6) is 0. The van der Waals surface area contributed by atoms with Gasteiger partial charge in [-0.05, 0) is 40.2 Å². The van der Waals surface area contributed by atoms with E-state index in [4.69, 9.17) is 5.26 Å². The van der Waals surface area contributed by atoms with Gasteiger partial charge in [-0.3, -0.25) is 5.32 Å².